The van der Waals surface area contributed by atoms with E-state index in [1.165, 1.54) is 0 Å². The molecule has 0 spiro atoms. The number of hydrogen-bond acceptors (Lipinski definition) is 2. The number of amides is 1. The summed E-state index contributed by atoms with van der Waals surface area (Å²) in [5.41, 5.74) is 1.16. The van der Waals surface area contributed by atoms with Gasteiger partial charge in [0.2, 0.25) is 5.91 Å². The lowest BCUT2D eigenvalue weighted by Crippen LogP contribution is -2.32. The maximum Gasteiger partial charge on any atom is 0.225 e. The molecule has 2 rings (SSSR count). The van der Waals surface area contributed by atoms with Crippen molar-refractivity contribution in [3.8, 4) is 0 Å². The van der Waals surface area contributed by atoms with Crippen LogP contribution in [0.15, 0.2) is 47.8 Å². The molecule has 1 amide bonds. The SMILES string of the molecule is CC(C)C(NC(=O)Cc1cccs1)c1ccccc1. The lowest BCUT2D eigenvalue weighted by molar-refractivity contribution is -0.121. The Kier molecular flexibility index (Phi) is 4.74. The maximum atomic E-state index is 12.1. The molecule has 1 N–H and O–H groups in total. The van der Waals surface area contributed by atoms with Gasteiger partial charge < -0.3 is 5.32 Å². The quantitative estimate of drug-likeness (QED) is 0.882. The van der Waals surface area contributed by atoms with Crippen LogP contribution in [-0.2, 0) is 11.2 Å². The van der Waals surface area contributed by atoms with Gasteiger partial charge in [-0.1, -0.05) is 50.2 Å². The number of benzene rings is 1. The first-order valence-corrected chi connectivity index (χ1v) is 7.41. The molecule has 1 unspecified atom stereocenters. The second-order valence-corrected chi connectivity index (χ2v) is 5.99. The van der Waals surface area contributed by atoms with Crippen LogP contribution in [0.2, 0.25) is 0 Å². The minimum absolute atomic E-state index is 0.0775. The highest BCUT2D eigenvalue weighted by atomic mass is 32.1. The van der Waals surface area contributed by atoms with Gasteiger partial charge in [-0.15, -0.1) is 11.3 Å². The van der Waals surface area contributed by atoms with Gasteiger partial charge in [-0.2, -0.15) is 0 Å². The summed E-state index contributed by atoms with van der Waals surface area (Å²) >= 11 is 1.62. The van der Waals surface area contributed by atoms with Crippen LogP contribution in [0.3, 0.4) is 0 Å². The molecule has 1 aromatic heterocycles. The van der Waals surface area contributed by atoms with Gasteiger partial charge in [-0.25, -0.2) is 0 Å². The second kappa shape index (κ2) is 6.53. The molecule has 0 aliphatic heterocycles. The van der Waals surface area contributed by atoms with E-state index in [0.29, 0.717) is 12.3 Å². The fourth-order valence-corrected chi connectivity index (χ4v) is 2.79. The van der Waals surface area contributed by atoms with Gasteiger partial charge in [0.25, 0.3) is 0 Å². The van der Waals surface area contributed by atoms with Crippen molar-refractivity contribution in [2.75, 3.05) is 0 Å². The third kappa shape index (κ3) is 3.93. The predicted octanol–water partition coefficient (Wildman–Crippen LogP) is 3.80. The molecule has 1 aromatic carbocycles. The fourth-order valence-electron chi connectivity index (χ4n) is 2.09. The van der Waals surface area contributed by atoms with E-state index in [9.17, 15) is 4.79 Å². The lowest BCUT2D eigenvalue weighted by atomic mass is 9.96. The summed E-state index contributed by atoms with van der Waals surface area (Å²) in [4.78, 5) is 13.2. The third-order valence-corrected chi connectivity index (χ3v) is 3.93. The minimum Gasteiger partial charge on any atom is -0.349 e. The molecule has 0 bridgehead atoms. The average Bonchev–Trinajstić information content (AvgIpc) is 2.89. The Morgan fingerprint density at radius 1 is 1.16 bits per heavy atom. The molecule has 100 valence electrons. The maximum absolute atomic E-state index is 12.1. The first-order valence-electron chi connectivity index (χ1n) is 6.53. The molecule has 2 nitrogen and oxygen atoms in total. The zero-order valence-electron chi connectivity index (χ0n) is 11.3. The Morgan fingerprint density at radius 2 is 1.89 bits per heavy atom. The summed E-state index contributed by atoms with van der Waals surface area (Å²) < 4.78 is 0. The largest absolute Gasteiger partial charge is 0.349 e. The molecule has 1 atom stereocenters. The van der Waals surface area contributed by atoms with E-state index in [-0.39, 0.29) is 11.9 Å². The Labute approximate surface area is 118 Å². The summed E-state index contributed by atoms with van der Waals surface area (Å²) in [6.45, 7) is 4.26. The van der Waals surface area contributed by atoms with Crippen LogP contribution in [0.5, 0.6) is 0 Å². The van der Waals surface area contributed by atoms with Gasteiger partial charge in [0.1, 0.15) is 0 Å². The molecule has 1 heterocycles. The summed E-state index contributed by atoms with van der Waals surface area (Å²) in [7, 11) is 0. The molecule has 0 saturated carbocycles. The van der Waals surface area contributed by atoms with E-state index in [4.69, 9.17) is 0 Å². The number of nitrogens with one attached hydrogen (secondary N) is 1. The number of rotatable bonds is 5. The van der Waals surface area contributed by atoms with Crippen LogP contribution in [0.1, 0.15) is 30.3 Å². The number of carbonyl (C=O) groups is 1. The van der Waals surface area contributed by atoms with Crippen molar-refractivity contribution in [1.29, 1.82) is 0 Å². The van der Waals surface area contributed by atoms with Crippen molar-refractivity contribution >= 4 is 17.2 Å². The van der Waals surface area contributed by atoms with E-state index in [1.54, 1.807) is 11.3 Å². The Hall–Kier alpha value is -1.61. The van der Waals surface area contributed by atoms with Gasteiger partial charge in [-0.05, 0) is 22.9 Å². The van der Waals surface area contributed by atoms with E-state index < -0.39 is 0 Å². The summed E-state index contributed by atoms with van der Waals surface area (Å²) in [5, 5.41) is 5.14. The zero-order chi connectivity index (χ0) is 13.7. The molecule has 0 radical (unpaired) electrons. The Bertz CT molecular complexity index is 505. The van der Waals surface area contributed by atoms with E-state index in [2.05, 4.69) is 31.3 Å². The van der Waals surface area contributed by atoms with Gasteiger partial charge in [0.05, 0.1) is 12.5 Å². The summed E-state index contributed by atoms with van der Waals surface area (Å²) in [5.74, 6) is 0.458. The summed E-state index contributed by atoms with van der Waals surface area (Å²) in [6.07, 6.45) is 0.466. The third-order valence-electron chi connectivity index (χ3n) is 3.06. The van der Waals surface area contributed by atoms with E-state index in [0.717, 1.165) is 10.4 Å². The Balaban J connectivity index is 2.03. The van der Waals surface area contributed by atoms with Crippen LogP contribution in [0.25, 0.3) is 0 Å². The summed E-state index contributed by atoms with van der Waals surface area (Å²) in [6, 6.07) is 14.2. The minimum atomic E-state index is 0.0775. The highest BCUT2D eigenvalue weighted by Crippen LogP contribution is 2.21. The smallest absolute Gasteiger partial charge is 0.225 e. The van der Waals surface area contributed by atoms with Crippen LogP contribution in [0, 0.1) is 5.92 Å². The van der Waals surface area contributed by atoms with Crippen molar-refractivity contribution < 1.29 is 4.79 Å². The standard InChI is InChI=1S/C16H19NOS/c1-12(2)16(13-7-4-3-5-8-13)17-15(18)11-14-9-6-10-19-14/h3-10,12,16H,11H2,1-2H3,(H,17,18). The first-order chi connectivity index (χ1) is 9.16. The van der Waals surface area contributed by atoms with Gasteiger partial charge in [0, 0.05) is 4.88 Å². The van der Waals surface area contributed by atoms with Crippen molar-refractivity contribution in [1.82, 2.24) is 5.32 Å². The van der Waals surface area contributed by atoms with Crippen molar-refractivity contribution in [3.05, 3.63) is 58.3 Å². The highest BCUT2D eigenvalue weighted by Gasteiger charge is 2.18. The van der Waals surface area contributed by atoms with Crippen molar-refractivity contribution in [3.63, 3.8) is 0 Å². The molecular formula is C16H19NOS. The molecule has 0 saturated heterocycles. The monoisotopic (exact) mass is 273 g/mol. The van der Waals surface area contributed by atoms with Gasteiger partial charge >= 0.3 is 0 Å². The Morgan fingerprint density at radius 3 is 2.47 bits per heavy atom. The van der Waals surface area contributed by atoms with Crippen molar-refractivity contribution in [2.24, 2.45) is 5.92 Å². The van der Waals surface area contributed by atoms with Crippen LogP contribution < -0.4 is 5.32 Å². The molecular weight excluding hydrogens is 254 g/mol. The second-order valence-electron chi connectivity index (χ2n) is 4.96. The van der Waals surface area contributed by atoms with E-state index >= 15 is 0 Å². The zero-order valence-corrected chi connectivity index (χ0v) is 12.1. The first kappa shape index (κ1) is 13.8. The number of thiophene rings is 1. The van der Waals surface area contributed by atoms with E-state index in [1.807, 2.05) is 35.7 Å². The van der Waals surface area contributed by atoms with Gasteiger partial charge in [-0.3, -0.25) is 4.79 Å². The number of hydrogen-bond donors (Lipinski definition) is 1. The predicted molar refractivity (Wildman–Crippen MR) is 80.2 cm³/mol. The van der Waals surface area contributed by atoms with Crippen molar-refractivity contribution in [2.45, 2.75) is 26.3 Å². The van der Waals surface area contributed by atoms with Crippen LogP contribution >= 0.6 is 11.3 Å². The molecule has 0 aliphatic rings. The van der Waals surface area contributed by atoms with Crippen LogP contribution in [-0.4, -0.2) is 5.91 Å². The molecule has 0 fully saturated rings. The lowest BCUT2D eigenvalue weighted by Gasteiger charge is -2.22. The average molecular weight is 273 g/mol. The highest BCUT2D eigenvalue weighted by molar-refractivity contribution is 7.10. The molecule has 19 heavy (non-hydrogen) atoms. The molecule has 2 aromatic rings. The number of carbonyl (C=O) groups excluding carboxylic acids is 1. The molecule has 3 heteroatoms. The molecule has 0 aliphatic carbocycles. The topological polar surface area (TPSA) is 29.1 Å². The van der Waals surface area contributed by atoms with Gasteiger partial charge in [0.15, 0.2) is 0 Å². The van der Waals surface area contributed by atoms with Crippen LogP contribution in [0.4, 0.5) is 0 Å². The fraction of sp³-hybridized carbons (Fsp3) is 0.312. The normalized spacial score (nSPS) is 12.4.